The van der Waals surface area contributed by atoms with E-state index in [1.807, 2.05) is 0 Å². The number of ether oxygens (including phenoxy) is 1. The van der Waals surface area contributed by atoms with Crippen LogP contribution < -0.4 is 14.4 Å². The fourth-order valence-electron chi connectivity index (χ4n) is 2.31. The van der Waals surface area contributed by atoms with Crippen LogP contribution in [0.3, 0.4) is 0 Å². The molecule has 24 heavy (non-hydrogen) atoms. The molecule has 2 heterocycles. The standard InChI is InChI=1S/C14H14ClFN4O3S/c1-20(24(2,21)22)11-5-8-3-4-23-12(8)6-10(11)18-13-9(16)7-17-14(15)19-13/h5-7H,3-4H2,1-2H3,(H,17,18,19). The van der Waals surface area contributed by atoms with Crippen LogP contribution in [-0.4, -0.2) is 38.3 Å². The van der Waals surface area contributed by atoms with Crippen molar-refractivity contribution in [1.29, 1.82) is 0 Å². The number of sulfonamides is 1. The van der Waals surface area contributed by atoms with Gasteiger partial charge in [0.1, 0.15) is 5.75 Å². The largest absolute Gasteiger partial charge is 0.493 e. The van der Waals surface area contributed by atoms with E-state index in [2.05, 4.69) is 15.3 Å². The maximum absolute atomic E-state index is 13.9. The van der Waals surface area contributed by atoms with Crippen molar-refractivity contribution < 1.29 is 17.5 Å². The molecule has 1 aliphatic rings. The number of halogens is 2. The molecular weight excluding hydrogens is 359 g/mol. The zero-order valence-electron chi connectivity index (χ0n) is 12.9. The van der Waals surface area contributed by atoms with E-state index in [9.17, 15) is 12.8 Å². The van der Waals surface area contributed by atoms with E-state index in [1.165, 1.54) is 7.05 Å². The summed E-state index contributed by atoms with van der Waals surface area (Å²) < 4.78 is 44.3. The molecule has 1 aromatic carbocycles. The second-order valence-corrected chi connectivity index (χ2v) is 7.62. The van der Waals surface area contributed by atoms with Crippen LogP contribution in [0.4, 0.5) is 21.6 Å². The smallest absolute Gasteiger partial charge is 0.232 e. The minimum atomic E-state index is -3.51. The van der Waals surface area contributed by atoms with Crippen molar-refractivity contribution in [3.8, 4) is 5.75 Å². The lowest BCUT2D eigenvalue weighted by atomic mass is 10.1. The fraction of sp³-hybridized carbons (Fsp3) is 0.286. The summed E-state index contributed by atoms with van der Waals surface area (Å²) in [6.07, 6.45) is 2.69. The monoisotopic (exact) mass is 372 g/mol. The van der Waals surface area contributed by atoms with Crippen molar-refractivity contribution in [3.05, 3.63) is 35.0 Å². The highest BCUT2D eigenvalue weighted by molar-refractivity contribution is 7.92. The summed E-state index contributed by atoms with van der Waals surface area (Å²) in [5, 5.41) is 2.64. The molecule has 1 aromatic heterocycles. The van der Waals surface area contributed by atoms with Crippen LogP contribution in [0.1, 0.15) is 5.56 Å². The molecule has 0 atom stereocenters. The third-order valence-corrected chi connectivity index (χ3v) is 4.99. The van der Waals surface area contributed by atoms with Gasteiger partial charge in [0.2, 0.25) is 15.3 Å². The predicted molar refractivity (Wildman–Crippen MR) is 89.2 cm³/mol. The number of nitrogens with one attached hydrogen (secondary N) is 1. The highest BCUT2D eigenvalue weighted by Gasteiger charge is 2.22. The first-order valence-corrected chi connectivity index (χ1v) is 9.17. The van der Waals surface area contributed by atoms with Crippen molar-refractivity contribution in [1.82, 2.24) is 9.97 Å². The highest BCUT2D eigenvalue weighted by atomic mass is 35.5. The molecule has 0 spiro atoms. The van der Waals surface area contributed by atoms with Gasteiger partial charge in [0, 0.05) is 19.5 Å². The average Bonchev–Trinajstić information content (AvgIpc) is 2.95. The quantitative estimate of drug-likeness (QED) is 0.829. The third kappa shape index (κ3) is 3.22. The van der Waals surface area contributed by atoms with Gasteiger partial charge in [-0.3, -0.25) is 4.31 Å². The van der Waals surface area contributed by atoms with Crippen molar-refractivity contribution in [2.45, 2.75) is 6.42 Å². The molecule has 0 radical (unpaired) electrons. The second-order valence-electron chi connectivity index (χ2n) is 5.27. The Kier molecular flexibility index (Phi) is 4.22. The van der Waals surface area contributed by atoms with E-state index in [0.717, 1.165) is 22.3 Å². The molecular formula is C14H14ClFN4O3S. The summed E-state index contributed by atoms with van der Waals surface area (Å²) in [4.78, 5) is 7.33. The predicted octanol–water partition coefficient (Wildman–Crippen LogP) is 2.34. The molecule has 10 heteroatoms. The Labute approximate surface area is 143 Å². The van der Waals surface area contributed by atoms with Crippen molar-refractivity contribution in [3.63, 3.8) is 0 Å². The fourth-order valence-corrected chi connectivity index (χ4v) is 2.95. The molecule has 7 nitrogen and oxygen atoms in total. The van der Waals surface area contributed by atoms with E-state index < -0.39 is 15.8 Å². The zero-order chi connectivity index (χ0) is 17.5. The number of hydrogen-bond acceptors (Lipinski definition) is 6. The van der Waals surface area contributed by atoms with Crippen LogP contribution in [0.15, 0.2) is 18.3 Å². The molecule has 128 valence electrons. The molecule has 0 bridgehead atoms. The molecule has 1 N–H and O–H groups in total. The van der Waals surface area contributed by atoms with Crippen LogP contribution in [0.25, 0.3) is 0 Å². The molecule has 3 rings (SSSR count). The summed E-state index contributed by atoms with van der Waals surface area (Å²) in [6.45, 7) is 0.508. The lowest BCUT2D eigenvalue weighted by Crippen LogP contribution is -2.25. The zero-order valence-corrected chi connectivity index (χ0v) is 14.4. The molecule has 0 saturated heterocycles. The Balaban J connectivity index is 2.10. The van der Waals surface area contributed by atoms with Crippen LogP contribution in [-0.2, 0) is 16.4 Å². The minimum absolute atomic E-state index is 0.130. The van der Waals surface area contributed by atoms with Gasteiger partial charge in [0.15, 0.2) is 11.6 Å². The Morgan fingerprint density at radius 3 is 2.88 bits per heavy atom. The molecule has 0 amide bonds. The van der Waals surface area contributed by atoms with Gasteiger partial charge in [-0.2, -0.15) is 4.98 Å². The van der Waals surface area contributed by atoms with Gasteiger partial charge in [-0.25, -0.2) is 17.8 Å². The Morgan fingerprint density at radius 1 is 1.42 bits per heavy atom. The third-order valence-electron chi connectivity index (χ3n) is 3.61. The maximum Gasteiger partial charge on any atom is 0.232 e. The maximum atomic E-state index is 13.9. The normalized spacial score (nSPS) is 13.3. The summed E-state index contributed by atoms with van der Waals surface area (Å²) >= 11 is 5.69. The summed E-state index contributed by atoms with van der Waals surface area (Å²) in [7, 11) is -2.09. The Bertz CT molecular complexity index is 907. The Hall–Kier alpha value is -2.13. The lowest BCUT2D eigenvalue weighted by Gasteiger charge is -2.22. The van der Waals surface area contributed by atoms with Crippen molar-refractivity contribution in [2.75, 3.05) is 29.5 Å². The lowest BCUT2D eigenvalue weighted by molar-refractivity contribution is 0.357. The van der Waals surface area contributed by atoms with E-state index >= 15 is 0 Å². The van der Waals surface area contributed by atoms with Crippen molar-refractivity contribution >= 4 is 38.8 Å². The van der Waals surface area contributed by atoms with Gasteiger partial charge in [-0.1, -0.05) is 0 Å². The first kappa shape index (κ1) is 16.7. The molecule has 0 fully saturated rings. The van der Waals surface area contributed by atoms with E-state index in [4.69, 9.17) is 16.3 Å². The number of anilines is 3. The number of fused-ring (bicyclic) bond motifs is 1. The van der Waals surface area contributed by atoms with Gasteiger partial charge in [-0.15, -0.1) is 0 Å². The first-order valence-electron chi connectivity index (χ1n) is 6.94. The van der Waals surface area contributed by atoms with Crippen LogP contribution >= 0.6 is 11.6 Å². The molecule has 1 aliphatic heterocycles. The van der Waals surface area contributed by atoms with Gasteiger partial charge in [-0.05, 0) is 23.2 Å². The number of rotatable bonds is 4. The van der Waals surface area contributed by atoms with Crippen LogP contribution in [0, 0.1) is 5.82 Å². The number of hydrogen-bond donors (Lipinski definition) is 1. The molecule has 0 unspecified atom stereocenters. The van der Waals surface area contributed by atoms with Gasteiger partial charge >= 0.3 is 0 Å². The minimum Gasteiger partial charge on any atom is -0.493 e. The Morgan fingerprint density at radius 2 is 2.17 bits per heavy atom. The number of benzene rings is 1. The van der Waals surface area contributed by atoms with E-state index in [-0.39, 0.29) is 11.1 Å². The highest BCUT2D eigenvalue weighted by Crippen LogP contribution is 2.38. The van der Waals surface area contributed by atoms with Crippen LogP contribution in [0.5, 0.6) is 5.75 Å². The van der Waals surface area contributed by atoms with E-state index in [0.29, 0.717) is 30.2 Å². The van der Waals surface area contributed by atoms with Crippen molar-refractivity contribution in [2.24, 2.45) is 0 Å². The average molecular weight is 373 g/mol. The van der Waals surface area contributed by atoms with Gasteiger partial charge in [0.05, 0.1) is 30.4 Å². The molecule has 0 aliphatic carbocycles. The van der Waals surface area contributed by atoms with Crippen LogP contribution in [0.2, 0.25) is 5.28 Å². The number of aromatic nitrogens is 2. The summed E-state index contributed by atoms with van der Waals surface area (Å²) in [5.74, 6) is -0.256. The molecule has 0 saturated carbocycles. The summed E-state index contributed by atoms with van der Waals surface area (Å²) in [5.41, 5.74) is 1.57. The van der Waals surface area contributed by atoms with Gasteiger partial charge < -0.3 is 10.1 Å². The molecule has 2 aromatic rings. The van der Waals surface area contributed by atoms with E-state index in [1.54, 1.807) is 12.1 Å². The summed E-state index contributed by atoms with van der Waals surface area (Å²) in [6, 6.07) is 3.32. The van der Waals surface area contributed by atoms with Gasteiger partial charge in [0.25, 0.3) is 0 Å². The number of nitrogens with zero attached hydrogens (tertiary/aromatic N) is 3. The topological polar surface area (TPSA) is 84.4 Å². The SMILES string of the molecule is CN(c1cc2c(cc1Nc1nc(Cl)ncc1F)OCC2)S(C)(=O)=O. The first-order chi connectivity index (χ1) is 11.3. The second kappa shape index (κ2) is 6.06.